The Hall–Kier alpha value is -2.83. The number of aromatic nitrogens is 1. The monoisotopic (exact) mass is 331 g/mol. The molecule has 1 aromatic heterocycles. The summed E-state index contributed by atoms with van der Waals surface area (Å²) in [6.07, 6.45) is 0. The molecule has 128 valence electrons. The topological polar surface area (TPSA) is 93.5 Å². The molecule has 2 rings (SSSR count). The molecule has 0 fully saturated rings. The summed E-state index contributed by atoms with van der Waals surface area (Å²) in [5.41, 5.74) is 0.161. The minimum Gasteiger partial charge on any atom is -0.495 e. The normalized spacial score (nSPS) is 11.0. The van der Waals surface area contributed by atoms with E-state index in [1.165, 1.54) is 21.0 Å². The van der Waals surface area contributed by atoms with Crippen LogP contribution in [0.4, 0.5) is 11.5 Å². The van der Waals surface area contributed by atoms with E-state index in [0.717, 1.165) is 5.56 Å². The first-order valence-corrected chi connectivity index (χ1v) is 7.45. The number of nitrogens with zero attached hydrogens (tertiary/aromatic N) is 1. The van der Waals surface area contributed by atoms with Crippen LogP contribution in [0.1, 0.15) is 25.2 Å². The molecule has 0 saturated carbocycles. The van der Waals surface area contributed by atoms with Crippen LogP contribution in [-0.2, 0) is 9.59 Å². The van der Waals surface area contributed by atoms with Gasteiger partial charge < -0.3 is 19.9 Å². The highest BCUT2D eigenvalue weighted by Crippen LogP contribution is 2.28. The van der Waals surface area contributed by atoms with E-state index in [0.29, 0.717) is 17.2 Å². The number of methoxy groups -OCH3 is 1. The quantitative estimate of drug-likeness (QED) is 0.822. The second-order valence-corrected chi connectivity index (χ2v) is 6.06. The average molecular weight is 331 g/mol. The molecule has 2 amide bonds. The van der Waals surface area contributed by atoms with Gasteiger partial charge in [0.1, 0.15) is 16.9 Å². The van der Waals surface area contributed by atoms with E-state index >= 15 is 0 Å². The second kappa shape index (κ2) is 6.74. The molecule has 0 atom stereocenters. The number of amides is 2. The van der Waals surface area contributed by atoms with Crippen molar-refractivity contribution in [2.75, 3.05) is 17.7 Å². The number of carbonyl (C=O) groups is 2. The first kappa shape index (κ1) is 17.5. The van der Waals surface area contributed by atoms with Crippen LogP contribution in [0.2, 0.25) is 0 Å². The van der Waals surface area contributed by atoms with Gasteiger partial charge in [0.25, 0.3) is 0 Å². The Morgan fingerprint density at radius 3 is 2.38 bits per heavy atom. The third-order valence-electron chi connectivity index (χ3n) is 3.61. The maximum Gasteiger partial charge on any atom is 0.240 e. The lowest BCUT2D eigenvalue weighted by atomic mass is 9.91. The van der Waals surface area contributed by atoms with E-state index in [9.17, 15) is 9.59 Å². The van der Waals surface area contributed by atoms with Gasteiger partial charge in [-0.25, -0.2) is 0 Å². The molecule has 7 heteroatoms. The van der Waals surface area contributed by atoms with Gasteiger partial charge in [0.05, 0.1) is 12.8 Å². The fraction of sp³-hybridized carbons (Fsp3) is 0.353. The largest absolute Gasteiger partial charge is 0.495 e. The van der Waals surface area contributed by atoms with Gasteiger partial charge in [-0.15, -0.1) is 0 Å². The lowest BCUT2D eigenvalue weighted by molar-refractivity contribution is -0.135. The van der Waals surface area contributed by atoms with Crippen LogP contribution in [0.25, 0.3) is 0 Å². The SMILES string of the molecule is COc1ccc(C)cc1NC(=O)C(C)(C)C(=O)Nc1cc(C)on1. The standard InChI is InChI=1S/C17H21N3O4/c1-10-6-7-13(23-5)12(8-10)18-15(21)17(3,4)16(22)19-14-9-11(2)24-20-14/h6-9H,1-5H3,(H,18,21)(H,19,20,22). The lowest BCUT2D eigenvalue weighted by Crippen LogP contribution is -2.41. The molecule has 1 aromatic carbocycles. The van der Waals surface area contributed by atoms with Crippen LogP contribution in [0.5, 0.6) is 5.75 Å². The summed E-state index contributed by atoms with van der Waals surface area (Å²) < 4.78 is 10.1. The number of aryl methyl sites for hydroxylation is 2. The van der Waals surface area contributed by atoms with Crippen LogP contribution < -0.4 is 15.4 Å². The van der Waals surface area contributed by atoms with Crippen LogP contribution in [-0.4, -0.2) is 24.1 Å². The van der Waals surface area contributed by atoms with Crippen molar-refractivity contribution in [1.82, 2.24) is 5.16 Å². The molecule has 0 bridgehead atoms. The molecule has 0 aliphatic carbocycles. The minimum atomic E-state index is -1.32. The molecule has 24 heavy (non-hydrogen) atoms. The van der Waals surface area contributed by atoms with Crippen LogP contribution in [0.3, 0.4) is 0 Å². The van der Waals surface area contributed by atoms with Crippen molar-refractivity contribution in [2.24, 2.45) is 5.41 Å². The molecular weight excluding hydrogens is 310 g/mol. The minimum absolute atomic E-state index is 0.270. The summed E-state index contributed by atoms with van der Waals surface area (Å²) >= 11 is 0. The Morgan fingerprint density at radius 2 is 1.79 bits per heavy atom. The summed E-state index contributed by atoms with van der Waals surface area (Å²) in [5, 5.41) is 9.01. The van der Waals surface area contributed by atoms with E-state index in [4.69, 9.17) is 9.26 Å². The number of nitrogens with one attached hydrogen (secondary N) is 2. The van der Waals surface area contributed by atoms with E-state index in [1.54, 1.807) is 25.1 Å². The van der Waals surface area contributed by atoms with E-state index in [1.807, 2.05) is 13.0 Å². The van der Waals surface area contributed by atoms with Crippen LogP contribution in [0.15, 0.2) is 28.8 Å². The van der Waals surface area contributed by atoms with Crippen molar-refractivity contribution in [1.29, 1.82) is 0 Å². The number of hydrogen-bond acceptors (Lipinski definition) is 5. The number of carbonyl (C=O) groups excluding carboxylic acids is 2. The van der Waals surface area contributed by atoms with Crippen molar-refractivity contribution in [3.63, 3.8) is 0 Å². The number of anilines is 2. The zero-order chi connectivity index (χ0) is 17.9. The number of benzene rings is 1. The van der Waals surface area contributed by atoms with Gasteiger partial charge in [0.15, 0.2) is 5.82 Å². The predicted molar refractivity (Wildman–Crippen MR) is 90.0 cm³/mol. The van der Waals surface area contributed by atoms with E-state index < -0.39 is 17.2 Å². The predicted octanol–water partition coefficient (Wildman–Crippen LogP) is 2.90. The Labute approximate surface area is 140 Å². The van der Waals surface area contributed by atoms with Gasteiger partial charge in [-0.2, -0.15) is 0 Å². The molecule has 0 radical (unpaired) electrons. The molecule has 0 aliphatic heterocycles. The van der Waals surface area contributed by atoms with Crippen LogP contribution >= 0.6 is 0 Å². The van der Waals surface area contributed by atoms with Crippen molar-refractivity contribution in [3.8, 4) is 5.75 Å². The average Bonchev–Trinajstić information content (AvgIpc) is 2.92. The van der Waals surface area contributed by atoms with Crippen molar-refractivity contribution in [2.45, 2.75) is 27.7 Å². The molecule has 2 aromatic rings. The highest BCUT2D eigenvalue weighted by Gasteiger charge is 2.37. The Morgan fingerprint density at radius 1 is 1.12 bits per heavy atom. The Balaban J connectivity index is 2.15. The Kier molecular flexibility index (Phi) is 4.92. The number of ether oxygens (including phenoxy) is 1. The molecule has 0 unspecified atom stereocenters. The maximum absolute atomic E-state index is 12.6. The fourth-order valence-corrected chi connectivity index (χ4v) is 2.00. The van der Waals surface area contributed by atoms with Gasteiger partial charge in [-0.05, 0) is 45.4 Å². The van der Waals surface area contributed by atoms with Crippen LogP contribution in [0, 0.1) is 19.3 Å². The third-order valence-corrected chi connectivity index (χ3v) is 3.61. The molecular formula is C17H21N3O4. The summed E-state index contributed by atoms with van der Waals surface area (Å²) in [7, 11) is 1.52. The summed E-state index contributed by atoms with van der Waals surface area (Å²) in [6.45, 7) is 6.68. The van der Waals surface area contributed by atoms with Crippen molar-refractivity contribution in [3.05, 3.63) is 35.6 Å². The fourth-order valence-electron chi connectivity index (χ4n) is 2.00. The highest BCUT2D eigenvalue weighted by molar-refractivity contribution is 6.14. The highest BCUT2D eigenvalue weighted by atomic mass is 16.5. The molecule has 7 nitrogen and oxygen atoms in total. The molecule has 1 heterocycles. The number of rotatable bonds is 5. The number of hydrogen-bond donors (Lipinski definition) is 2. The molecule has 0 aliphatic rings. The van der Waals surface area contributed by atoms with Gasteiger partial charge in [-0.1, -0.05) is 11.2 Å². The second-order valence-electron chi connectivity index (χ2n) is 6.06. The summed E-state index contributed by atoms with van der Waals surface area (Å²) in [5.74, 6) is 0.421. The summed E-state index contributed by atoms with van der Waals surface area (Å²) in [6, 6.07) is 7.00. The van der Waals surface area contributed by atoms with Crippen molar-refractivity contribution >= 4 is 23.3 Å². The van der Waals surface area contributed by atoms with Gasteiger partial charge >= 0.3 is 0 Å². The molecule has 0 saturated heterocycles. The lowest BCUT2D eigenvalue weighted by Gasteiger charge is -2.22. The van der Waals surface area contributed by atoms with Gasteiger partial charge in [0, 0.05) is 6.07 Å². The zero-order valence-corrected chi connectivity index (χ0v) is 14.4. The maximum atomic E-state index is 12.6. The smallest absolute Gasteiger partial charge is 0.240 e. The van der Waals surface area contributed by atoms with Gasteiger partial charge in [0.2, 0.25) is 11.8 Å². The van der Waals surface area contributed by atoms with E-state index in [-0.39, 0.29) is 5.82 Å². The molecule has 2 N–H and O–H groups in total. The first-order chi connectivity index (χ1) is 11.2. The van der Waals surface area contributed by atoms with Gasteiger partial charge in [-0.3, -0.25) is 9.59 Å². The summed E-state index contributed by atoms with van der Waals surface area (Å²) in [4.78, 5) is 25.0. The van der Waals surface area contributed by atoms with Crippen molar-refractivity contribution < 1.29 is 18.8 Å². The Bertz CT molecular complexity index is 765. The third kappa shape index (κ3) is 3.73. The molecule has 0 spiro atoms. The zero-order valence-electron chi connectivity index (χ0n) is 14.4. The van der Waals surface area contributed by atoms with E-state index in [2.05, 4.69) is 15.8 Å². The first-order valence-electron chi connectivity index (χ1n) is 7.45.